The van der Waals surface area contributed by atoms with Gasteiger partial charge in [-0.1, -0.05) is 0 Å². The molecule has 0 spiro atoms. The zero-order valence-electron chi connectivity index (χ0n) is 15.4. The minimum Gasteiger partial charge on any atom is -0.450 e. The second-order valence-electron chi connectivity index (χ2n) is 5.99. The molecule has 0 saturated carbocycles. The van der Waals surface area contributed by atoms with Crippen LogP contribution in [0.25, 0.3) is 0 Å². The lowest BCUT2D eigenvalue weighted by atomic mass is 10.1. The van der Waals surface area contributed by atoms with Crippen molar-refractivity contribution in [3.8, 4) is 0 Å². The van der Waals surface area contributed by atoms with E-state index in [0.717, 1.165) is 19.3 Å². The molecule has 9 heteroatoms. The van der Waals surface area contributed by atoms with Gasteiger partial charge in [0.05, 0.1) is 19.0 Å². The zero-order chi connectivity index (χ0) is 18.8. The average molecular weight is 365 g/mol. The summed E-state index contributed by atoms with van der Waals surface area (Å²) < 4.78 is 9.94. The van der Waals surface area contributed by atoms with Crippen LogP contribution in [0.3, 0.4) is 0 Å². The van der Waals surface area contributed by atoms with Crippen LogP contribution in [0.1, 0.15) is 36.7 Å². The third-order valence-corrected chi connectivity index (χ3v) is 4.07. The van der Waals surface area contributed by atoms with Crippen molar-refractivity contribution in [3.05, 3.63) is 18.1 Å². The lowest BCUT2D eigenvalue weighted by molar-refractivity contribution is 0.0942. The third kappa shape index (κ3) is 6.14. The SMILES string of the molecule is CCOC(=O)N1CCC(Nc2cnc(C(=O)NCCCOC)cn2)CC1. The molecule has 9 nitrogen and oxygen atoms in total. The zero-order valence-corrected chi connectivity index (χ0v) is 15.4. The number of hydrogen-bond donors (Lipinski definition) is 2. The Morgan fingerprint density at radius 3 is 2.65 bits per heavy atom. The van der Waals surface area contributed by atoms with Gasteiger partial charge in [-0.25, -0.2) is 14.8 Å². The maximum absolute atomic E-state index is 11.9. The summed E-state index contributed by atoms with van der Waals surface area (Å²) in [6, 6.07) is 0.212. The van der Waals surface area contributed by atoms with Gasteiger partial charge in [0.25, 0.3) is 5.91 Å². The fraction of sp³-hybridized carbons (Fsp3) is 0.647. The van der Waals surface area contributed by atoms with Gasteiger partial charge in [-0.05, 0) is 26.2 Å². The number of amides is 2. The van der Waals surface area contributed by atoms with E-state index < -0.39 is 0 Å². The van der Waals surface area contributed by atoms with E-state index in [2.05, 4.69) is 20.6 Å². The predicted molar refractivity (Wildman–Crippen MR) is 96.1 cm³/mol. The molecule has 0 aliphatic carbocycles. The maximum Gasteiger partial charge on any atom is 0.409 e. The summed E-state index contributed by atoms with van der Waals surface area (Å²) >= 11 is 0. The van der Waals surface area contributed by atoms with Crippen molar-refractivity contribution in [2.45, 2.75) is 32.2 Å². The van der Waals surface area contributed by atoms with Crippen LogP contribution in [0, 0.1) is 0 Å². The first-order valence-electron chi connectivity index (χ1n) is 8.91. The smallest absolute Gasteiger partial charge is 0.409 e. The first kappa shape index (κ1) is 19.9. The van der Waals surface area contributed by atoms with Crippen molar-refractivity contribution in [2.24, 2.45) is 0 Å². The van der Waals surface area contributed by atoms with Crippen LogP contribution in [0.5, 0.6) is 0 Å². The van der Waals surface area contributed by atoms with Crippen LogP contribution in [0.4, 0.5) is 10.6 Å². The summed E-state index contributed by atoms with van der Waals surface area (Å²) in [6.07, 6.45) is 5.12. The molecule has 0 unspecified atom stereocenters. The van der Waals surface area contributed by atoms with Gasteiger partial charge in [0.15, 0.2) is 0 Å². The summed E-state index contributed by atoms with van der Waals surface area (Å²) in [6.45, 7) is 4.61. The summed E-state index contributed by atoms with van der Waals surface area (Å²) in [5.74, 6) is 0.374. The molecule has 26 heavy (non-hydrogen) atoms. The number of nitrogens with zero attached hydrogens (tertiary/aromatic N) is 3. The Labute approximate surface area is 153 Å². The highest BCUT2D eigenvalue weighted by atomic mass is 16.6. The molecule has 1 aliphatic rings. The highest BCUT2D eigenvalue weighted by Crippen LogP contribution is 2.15. The molecule has 2 heterocycles. The summed E-state index contributed by atoms with van der Waals surface area (Å²) in [4.78, 5) is 33.8. The Bertz CT molecular complexity index is 573. The second-order valence-corrected chi connectivity index (χ2v) is 5.99. The van der Waals surface area contributed by atoms with E-state index >= 15 is 0 Å². The van der Waals surface area contributed by atoms with Gasteiger partial charge in [0, 0.05) is 39.4 Å². The van der Waals surface area contributed by atoms with E-state index in [9.17, 15) is 9.59 Å². The van der Waals surface area contributed by atoms with E-state index in [1.54, 1.807) is 25.1 Å². The predicted octanol–water partition coefficient (Wildman–Crippen LogP) is 1.28. The molecule has 2 rings (SSSR count). The molecule has 2 amide bonds. The Morgan fingerprint density at radius 2 is 2.04 bits per heavy atom. The largest absolute Gasteiger partial charge is 0.450 e. The van der Waals surface area contributed by atoms with Gasteiger partial charge in [0.1, 0.15) is 11.5 Å². The fourth-order valence-corrected chi connectivity index (χ4v) is 2.66. The molecule has 0 radical (unpaired) electrons. The topological polar surface area (TPSA) is 106 Å². The van der Waals surface area contributed by atoms with E-state index in [0.29, 0.717) is 38.7 Å². The van der Waals surface area contributed by atoms with Crippen molar-refractivity contribution in [2.75, 3.05) is 45.3 Å². The minimum absolute atomic E-state index is 0.212. The number of anilines is 1. The molecule has 1 aromatic heterocycles. The Hall–Kier alpha value is -2.42. The molecule has 144 valence electrons. The molecular weight excluding hydrogens is 338 g/mol. The number of piperidine rings is 1. The Balaban J connectivity index is 1.75. The summed E-state index contributed by atoms with van der Waals surface area (Å²) in [5, 5.41) is 6.07. The molecule has 1 saturated heterocycles. The van der Waals surface area contributed by atoms with Crippen molar-refractivity contribution < 1.29 is 19.1 Å². The van der Waals surface area contributed by atoms with Crippen LogP contribution in [-0.2, 0) is 9.47 Å². The number of ether oxygens (including phenoxy) is 2. The van der Waals surface area contributed by atoms with E-state index in [4.69, 9.17) is 9.47 Å². The first-order valence-corrected chi connectivity index (χ1v) is 8.91. The van der Waals surface area contributed by atoms with E-state index in [-0.39, 0.29) is 23.7 Å². The Kier molecular flexibility index (Phi) is 8.07. The standard InChI is InChI=1S/C17H27N5O4/c1-3-26-17(24)22-8-5-13(6-9-22)21-15-12-19-14(11-20-15)16(23)18-7-4-10-25-2/h11-13H,3-10H2,1-2H3,(H,18,23)(H,20,21). The van der Waals surface area contributed by atoms with Gasteiger partial charge in [-0.3, -0.25) is 4.79 Å². The highest BCUT2D eigenvalue weighted by molar-refractivity contribution is 5.91. The molecule has 1 aromatic rings. The van der Waals surface area contributed by atoms with Crippen LogP contribution in [0.2, 0.25) is 0 Å². The van der Waals surface area contributed by atoms with Crippen LogP contribution in [-0.4, -0.2) is 72.9 Å². The molecule has 0 aromatic carbocycles. The molecule has 1 fully saturated rings. The quantitative estimate of drug-likeness (QED) is 0.668. The Morgan fingerprint density at radius 1 is 1.27 bits per heavy atom. The summed E-state index contributed by atoms with van der Waals surface area (Å²) in [7, 11) is 1.62. The van der Waals surface area contributed by atoms with Crippen molar-refractivity contribution in [1.29, 1.82) is 0 Å². The van der Waals surface area contributed by atoms with Gasteiger partial charge in [0.2, 0.25) is 0 Å². The number of carbonyl (C=O) groups excluding carboxylic acids is 2. The fourth-order valence-electron chi connectivity index (χ4n) is 2.66. The molecular formula is C17H27N5O4. The number of methoxy groups -OCH3 is 1. The first-order chi connectivity index (χ1) is 12.6. The molecule has 2 N–H and O–H groups in total. The van der Waals surface area contributed by atoms with Crippen molar-refractivity contribution in [1.82, 2.24) is 20.2 Å². The van der Waals surface area contributed by atoms with Crippen molar-refractivity contribution >= 4 is 17.8 Å². The van der Waals surface area contributed by atoms with Crippen LogP contribution >= 0.6 is 0 Å². The lowest BCUT2D eigenvalue weighted by Crippen LogP contribution is -2.42. The summed E-state index contributed by atoms with van der Waals surface area (Å²) in [5.41, 5.74) is 0.282. The van der Waals surface area contributed by atoms with Gasteiger partial charge in [-0.15, -0.1) is 0 Å². The highest BCUT2D eigenvalue weighted by Gasteiger charge is 2.23. The van der Waals surface area contributed by atoms with Crippen LogP contribution < -0.4 is 10.6 Å². The van der Waals surface area contributed by atoms with Crippen molar-refractivity contribution in [3.63, 3.8) is 0 Å². The number of likely N-dealkylation sites (tertiary alicyclic amines) is 1. The van der Waals surface area contributed by atoms with E-state index in [1.165, 1.54) is 6.20 Å². The molecule has 1 aliphatic heterocycles. The monoisotopic (exact) mass is 365 g/mol. The van der Waals surface area contributed by atoms with Gasteiger partial charge in [-0.2, -0.15) is 0 Å². The maximum atomic E-state index is 11.9. The van der Waals surface area contributed by atoms with E-state index in [1.807, 2.05) is 0 Å². The normalized spacial score (nSPS) is 14.8. The lowest BCUT2D eigenvalue weighted by Gasteiger charge is -2.31. The van der Waals surface area contributed by atoms with Gasteiger partial charge < -0.3 is 25.0 Å². The van der Waals surface area contributed by atoms with Crippen LogP contribution in [0.15, 0.2) is 12.4 Å². The number of nitrogens with one attached hydrogen (secondary N) is 2. The average Bonchev–Trinajstić information content (AvgIpc) is 2.66. The molecule has 0 bridgehead atoms. The molecule has 0 atom stereocenters. The number of rotatable bonds is 8. The van der Waals surface area contributed by atoms with Gasteiger partial charge >= 0.3 is 6.09 Å². The minimum atomic E-state index is -0.258. The number of carbonyl (C=O) groups is 2. The third-order valence-electron chi connectivity index (χ3n) is 4.07. The second kappa shape index (κ2) is 10.5. The number of hydrogen-bond acceptors (Lipinski definition) is 7. The number of aromatic nitrogens is 2.